The van der Waals surface area contributed by atoms with Gasteiger partial charge in [0.1, 0.15) is 6.10 Å². The van der Waals surface area contributed by atoms with E-state index < -0.39 is 6.09 Å². The molecule has 0 saturated carbocycles. The number of carbonyl (C=O) groups is 2. The molecule has 1 fully saturated rings. The lowest BCUT2D eigenvalue weighted by molar-refractivity contribution is 0.102. The zero-order valence-electron chi connectivity index (χ0n) is 21.7. The van der Waals surface area contributed by atoms with Crippen LogP contribution in [0, 0.1) is 0 Å². The highest BCUT2D eigenvalue weighted by molar-refractivity contribution is 6.05. The summed E-state index contributed by atoms with van der Waals surface area (Å²) in [5.74, 6) is 1.27. The van der Waals surface area contributed by atoms with E-state index in [9.17, 15) is 9.59 Å². The number of methoxy groups -OCH3 is 3. The van der Waals surface area contributed by atoms with Crippen molar-refractivity contribution in [2.75, 3.05) is 50.4 Å². The predicted octanol–water partition coefficient (Wildman–Crippen LogP) is 4.05. The quantitative estimate of drug-likeness (QED) is 0.361. The lowest BCUT2D eigenvalue weighted by Crippen LogP contribution is -2.30. The fourth-order valence-electron chi connectivity index (χ4n) is 4.29. The summed E-state index contributed by atoms with van der Waals surface area (Å²) in [7, 11) is 4.62. The molecule has 1 unspecified atom stereocenters. The summed E-state index contributed by atoms with van der Waals surface area (Å²) in [6.07, 6.45) is -0.0515. The lowest BCUT2D eigenvalue weighted by Gasteiger charge is -2.19. The highest BCUT2D eigenvalue weighted by atomic mass is 16.6. The van der Waals surface area contributed by atoms with Crippen molar-refractivity contribution >= 4 is 29.1 Å². The van der Waals surface area contributed by atoms with Crippen molar-refractivity contribution in [2.45, 2.75) is 19.1 Å². The maximum absolute atomic E-state index is 12.6. The average Bonchev–Trinajstić information content (AvgIpc) is 3.40. The van der Waals surface area contributed by atoms with E-state index >= 15 is 0 Å². The number of nitrogens with zero attached hydrogens (tertiary/aromatic N) is 1. The molecule has 38 heavy (non-hydrogen) atoms. The molecule has 200 valence electrons. The van der Waals surface area contributed by atoms with Gasteiger partial charge in [0.15, 0.2) is 11.5 Å². The van der Waals surface area contributed by atoms with E-state index in [1.54, 1.807) is 36.4 Å². The number of rotatable bonds is 9. The maximum atomic E-state index is 12.6. The van der Waals surface area contributed by atoms with Gasteiger partial charge in [-0.1, -0.05) is 12.1 Å². The molecule has 1 aliphatic rings. The summed E-state index contributed by atoms with van der Waals surface area (Å²) >= 11 is 0. The largest absolute Gasteiger partial charge is 0.493 e. The van der Waals surface area contributed by atoms with Crippen molar-refractivity contribution in [3.63, 3.8) is 0 Å². The molecule has 10 nitrogen and oxygen atoms in total. The topological polar surface area (TPSA) is 124 Å². The minimum absolute atomic E-state index is 0.235. The second-order valence-electron chi connectivity index (χ2n) is 8.74. The Morgan fingerprint density at radius 1 is 0.974 bits per heavy atom. The lowest BCUT2D eigenvalue weighted by atomic mass is 10.1. The van der Waals surface area contributed by atoms with Crippen LogP contribution in [0.15, 0.2) is 60.7 Å². The monoisotopic (exact) mass is 520 g/mol. The minimum Gasteiger partial charge on any atom is -0.493 e. The molecule has 0 aliphatic carbocycles. The molecule has 10 heteroatoms. The summed E-state index contributed by atoms with van der Waals surface area (Å²) < 4.78 is 21.7. The van der Waals surface area contributed by atoms with Gasteiger partial charge in [0.25, 0.3) is 5.91 Å². The number of nitrogens with two attached hydrogens (primary N) is 1. The predicted molar refractivity (Wildman–Crippen MR) is 145 cm³/mol. The van der Waals surface area contributed by atoms with Crippen molar-refractivity contribution in [1.82, 2.24) is 5.32 Å². The van der Waals surface area contributed by atoms with E-state index in [1.165, 1.54) is 21.3 Å². The third-order valence-corrected chi connectivity index (χ3v) is 6.28. The molecule has 0 radical (unpaired) electrons. The molecule has 0 bridgehead atoms. The van der Waals surface area contributed by atoms with Crippen LogP contribution < -0.4 is 35.5 Å². The SMILES string of the molecule is COc1cc(CNC(=O)OC2CCN(c3ccc(C(=O)Nc4ccccc4N)cc3)C2)cc(OC)c1OC. The average molecular weight is 521 g/mol. The Balaban J connectivity index is 1.28. The molecule has 1 heterocycles. The number of alkyl carbamates (subject to hydrolysis) is 1. The van der Waals surface area contributed by atoms with Crippen LogP contribution in [-0.4, -0.2) is 52.5 Å². The van der Waals surface area contributed by atoms with Crippen molar-refractivity contribution in [3.05, 3.63) is 71.8 Å². The van der Waals surface area contributed by atoms with Crippen LogP contribution in [0.4, 0.5) is 21.9 Å². The fourth-order valence-corrected chi connectivity index (χ4v) is 4.29. The van der Waals surface area contributed by atoms with Crippen molar-refractivity contribution < 1.29 is 28.5 Å². The third-order valence-electron chi connectivity index (χ3n) is 6.28. The van der Waals surface area contributed by atoms with Gasteiger partial charge >= 0.3 is 6.09 Å². The Morgan fingerprint density at radius 2 is 1.66 bits per heavy atom. The molecule has 1 saturated heterocycles. The Kier molecular flexibility index (Phi) is 8.42. The first-order valence-electron chi connectivity index (χ1n) is 12.2. The van der Waals surface area contributed by atoms with Crippen LogP contribution >= 0.6 is 0 Å². The van der Waals surface area contributed by atoms with Gasteiger partial charge in [0, 0.05) is 30.8 Å². The number of anilines is 3. The molecular formula is C28H32N4O6. The van der Waals surface area contributed by atoms with Gasteiger partial charge in [-0.2, -0.15) is 0 Å². The number of carbonyl (C=O) groups excluding carboxylic acids is 2. The number of hydrogen-bond donors (Lipinski definition) is 3. The Hall–Kier alpha value is -4.60. The smallest absolute Gasteiger partial charge is 0.407 e. The van der Waals surface area contributed by atoms with Gasteiger partial charge in [0.2, 0.25) is 5.75 Å². The molecule has 3 aromatic carbocycles. The molecule has 3 aromatic rings. The van der Waals surface area contributed by atoms with Crippen LogP contribution in [0.3, 0.4) is 0 Å². The minimum atomic E-state index is -0.502. The zero-order chi connectivity index (χ0) is 27.1. The number of benzene rings is 3. The fraction of sp³-hybridized carbons (Fsp3) is 0.286. The van der Waals surface area contributed by atoms with Gasteiger partial charge in [0.05, 0.1) is 39.2 Å². The third kappa shape index (κ3) is 6.20. The van der Waals surface area contributed by atoms with E-state index in [4.69, 9.17) is 24.7 Å². The number of amides is 2. The van der Waals surface area contributed by atoms with Gasteiger partial charge in [-0.05, 0) is 54.1 Å². The molecule has 2 amide bonds. The Morgan fingerprint density at radius 3 is 2.29 bits per heavy atom. The second-order valence-corrected chi connectivity index (χ2v) is 8.74. The van der Waals surface area contributed by atoms with E-state index in [0.717, 1.165) is 17.8 Å². The van der Waals surface area contributed by atoms with Crippen molar-refractivity contribution in [1.29, 1.82) is 0 Å². The highest BCUT2D eigenvalue weighted by Gasteiger charge is 2.26. The number of hydrogen-bond acceptors (Lipinski definition) is 8. The molecule has 4 N–H and O–H groups in total. The molecule has 0 spiro atoms. The number of para-hydroxylation sites is 2. The normalized spacial score (nSPS) is 14.5. The Bertz CT molecular complexity index is 1260. The van der Waals surface area contributed by atoms with Crippen LogP contribution in [0.5, 0.6) is 17.2 Å². The van der Waals surface area contributed by atoms with Crippen molar-refractivity contribution in [3.8, 4) is 17.2 Å². The van der Waals surface area contributed by atoms with E-state index in [1.807, 2.05) is 24.3 Å². The summed E-state index contributed by atoms with van der Waals surface area (Å²) in [4.78, 5) is 27.1. The van der Waals surface area contributed by atoms with Gasteiger partial charge in [-0.3, -0.25) is 4.79 Å². The van der Waals surface area contributed by atoms with Crippen LogP contribution in [0.2, 0.25) is 0 Å². The summed E-state index contributed by atoms with van der Waals surface area (Å²) in [5.41, 5.74) is 9.24. The maximum Gasteiger partial charge on any atom is 0.407 e. The highest BCUT2D eigenvalue weighted by Crippen LogP contribution is 2.38. The first kappa shape index (κ1) is 26.5. The van der Waals surface area contributed by atoms with Gasteiger partial charge in [-0.15, -0.1) is 0 Å². The Labute approximate surface area is 221 Å². The molecule has 0 aromatic heterocycles. The molecule has 1 aliphatic heterocycles. The van der Waals surface area contributed by atoms with E-state index in [0.29, 0.717) is 47.2 Å². The van der Waals surface area contributed by atoms with Gasteiger partial charge in [-0.25, -0.2) is 4.79 Å². The van der Waals surface area contributed by atoms with Crippen molar-refractivity contribution in [2.24, 2.45) is 0 Å². The first-order valence-corrected chi connectivity index (χ1v) is 12.2. The second kappa shape index (κ2) is 12.1. The molecule has 4 rings (SSSR count). The van der Waals surface area contributed by atoms with Crippen LogP contribution in [-0.2, 0) is 11.3 Å². The summed E-state index contributed by atoms with van der Waals surface area (Å²) in [5, 5.41) is 5.60. The number of nitrogen functional groups attached to an aromatic ring is 1. The molecular weight excluding hydrogens is 488 g/mol. The van der Waals surface area contributed by atoms with E-state index in [2.05, 4.69) is 15.5 Å². The van der Waals surface area contributed by atoms with Gasteiger partial charge < -0.3 is 40.2 Å². The first-order chi connectivity index (χ1) is 18.4. The number of ether oxygens (including phenoxy) is 4. The molecule has 1 atom stereocenters. The van der Waals surface area contributed by atoms with Crippen LogP contribution in [0.25, 0.3) is 0 Å². The summed E-state index contributed by atoms with van der Waals surface area (Å²) in [6, 6.07) is 18.0. The van der Waals surface area contributed by atoms with E-state index in [-0.39, 0.29) is 18.6 Å². The zero-order valence-corrected chi connectivity index (χ0v) is 21.7. The summed E-state index contributed by atoms with van der Waals surface area (Å²) in [6.45, 7) is 1.53. The standard InChI is InChI=1S/C28H32N4O6/c1-35-24-14-18(15-25(36-2)26(24)37-3)16-30-28(34)38-21-12-13-32(17-21)20-10-8-19(9-11-20)27(33)31-23-7-5-4-6-22(23)29/h4-11,14-15,21H,12-13,16-17,29H2,1-3H3,(H,30,34)(H,31,33). The van der Waals surface area contributed by atoms with Crippen LogP contribution in [0.1, 0.15) is 22.3 Å². The number of nitrogens with one attached hydrogen (secondary N) is 2.